The van der Waals surface area contributed by atoms with E-state index in [9.17, 15) is 4.79 Å². The van der Waals surface area contributed by atoms with Crippen molar-refractivity contribution in [2.75, 3.05) is 6.54 Å². The van der Waals surface area contributed by atoms with Crippen molar-refractivity contribution in [3.63, 3.8) is 0 Å². The monoisotopic (exact) mass is 339 g/mol. The molecule has 0 unspecified atom stereocenters. The molecular weight excluding hydrogens is 318 g/mol. The molecular formula is C19H21N3O3. The molecule has 2 heterocycles. The molecule has 0 radical (unpaired) electrons. The fraction of sp³-hybridized carbons (Fsp3) is 0.263. The molecule has 3 aromatic rings. The SMILES string of the molecule is Cc1cn(-c2ccccc2)nc1O[C@H](C)C(=O)NCCc1ccco1. The van der Waals surface area contributed by atoms with Crippen molar-refractivity contribution in [3.05, 3.63) is 66.2 Å². The van der Waals surface area contributed by atoms with Gasteiger partial charge in [0.2, 0.25) is 5.88 Å². The van der Waals surface area contributed by atoms with Gasteiger partial charge < -0.3 is 14.5 Å². The van der Waals surface area contributed by atoms with Gasteiger partial charge in [0.25, 0.3) is 5.91 Å². The zero-order valence-corrected chi connectivity index (χ0v) is 14.3. The second-order valence-corrected chi connectivity index (χ2v) is 5.78. The van der Waals surface area contributed by atoms with Gasteiger partial charge in [0, 0.05) is 24.7 Å². The van der Waals surface area contributed by atoms with Crippen LogP contribution in [-0.4, -0.2) is 28.3 Å². The zero-order chi connectivity index (χ0) is 17.6. The number of nitrogens with one attached hydrogen (secondary N) is 1. The minimum atomic E-state index is -0.630. The van der Waals surface area contributed by atoms with Gasteiger partial charge in [0.15, 0.2) is 6.10 Å². The molecule has 1 atom stereocenters. The summed E-state index contributed by atoms with van der Waals surface area (Å²) >= 11 is 0. The Hall–Kier alpha value is -3.02. The van der Waals surface area contributed by atoms with Gasteiger partial charge in [0.05, 0.1) is 12.0 Å². The molecule has 130 valence electrons. The first-order valence-electron chi connectivity index (χ1n) is 8.22. The number of aryl methyl sites for hydroxylation is 1. The normalized spacial score (nSPS) is 11.9. The van der Waals surface area contributed by atoms with Crippen LogP contribution in [-0.2, 0) is 11.2 Å². The maximum atomic E-state index is 12.2. The maximum absolute atomic E-state index is 12.2. The summed E-state index contributed by atoms with van der Waals surface area (Å²) in [5, 5.41) is 7.26. The van der Waals surface area contributed by atoms with Gasteiger partial charge >= 0.3 is 0 Å². The lowest BCUT2D eigenvalue weighted by molar-refractivity contribution is -0.127. The van der Waals surface area contributed by atoms with Crippen LogP contribution < -0.4 is 10.1 Å². The molecule has 25 heavy (non-hydrogen) atoms. The van der Waals surface area contributed by atoms with Crippen molar-refractivity contribution in [2.45, 2.75) is 26.4 Å². The minimum absolute atomic E-state index is 0.180. The predicted octanol–water partition coefficient (Wildman–Crippen LogP) is 2.90. The summed E-state index contributed by atoms with van der Waals surface area (Å²) < 4.78 is 12.7. The van der Waals surface area contributed by atoms with Gasteiger partial charge in [-0.15, -0.1) is 5.10 Å². The van der Waals surface area contributed by atoms with Gasteiger partial charge in [-0.3, -0.25) is 4.79 Å². The van der Waals surface area contributed by atoms with Crippen LogP contribution in [0.25, 0.3) is 5.69 Å². The Kier molecular flexibility index (Phi) is 5.18. The highest BCUT2D eigenvalue weighted by molar-refractivity contribution is 5.80. The molecule has 1 N–H and O–H groups in total. The Morgan fingerprint density at radius 1 is 1.28 bits per heavy atom. The van der Waals surface area contributed by atoms with E-state index >= 15 is 0 Å². The maximum Gasteiger partial charge on any atom is 0.260 e. The molecule has 1 aromatic carbocycles. The average molecular weight is 339 g/mol. The first-order chi connectivity index (χ1) is 12.1. The van der Waals surface area contributed by atoms with Crippen LogP contribution >= 0.6 is 0 Å². The Bertz CT molecular complexity index is 810. The fourth-order valence-electron chi connectivity index (χ4n) is 2.40. The molecule has 6 nitrogen and oxygen atoms in total. The van der Waals surface area contributed by atoms with Gasteiger partial charge in [-0.05, 0) is 38.1 Å². The lowest BCUT2D eigenvalue weighted by atomic mass is 10.3. The van der Waals surface area contributed by atoms with E-state index in [0.29, 0.717) is 18.8 Å². The molecule has 0 fully saturated rings. The summed E-state index contributed by atoms with van der Waals surface area (Å²) in [7, 11) is 0. The second-order valence-electron chi connectivity index (χ2n) is 5.78. The van der Waals surface area contributed by atoms with Crippen molar-refractivity contribution in [2.24, 2.45) is 0 Å². The van der Waals surface area contributed by atoms with Crippen molar-refractivity contribution >= 4 is 5.91 Å². The topological polar surface area (TPSA) is 69.3 Å². The summed E-state index contributed by atoms with van der Waals surface area (Å²) in [4.78, 5) is 12.2. The van der Waals surface area contributed by atoms with Crippen LogP contribution in [0.4, 0.5) is 0 Å². The van der Waals surface area contributed by atoms with Crippen molar-refractivity contribution in [1.29, 1.82) is 0 Å². The number of rotatable bonds is 7. The first kappa shape index (κ1) is 16.8. The highest BCUT2D eigenvalue weighted by Gasteiger charge is 2.17. The molecule has 0 aliphatic carbocycles. The smallest absolute Gasteiger partial charge is 0.260 e. The van der Waals surface area contributed by atoms with Crippen molar-refractivity contribution < 1.29 is 13.9 Å². The fourth-order valence-corrected chi connectivity index (χ4v) is 2.40. The molecule has 0 spiro atoms. The number of para-hydroxylation sites is 1. The molecule has 3 rings (SSSR count). The number of carbonyl (C=O) groups excluding carboxylic acids is 1. The van der Waals surface area contributed by atoms with E-state index in [0.717, 1.165) is 17.0 Å². The standard InChI is InChI=1S/C19H21N3O3/c1-14-13-22(16-7-4-3-5-8-16)21-19(14)25-15(2)18(23)20-11-10-17-9-6-12-24-17/h3-9,12-13,15H,10-11H2,1-2H3,(H,20,23)/t15-/m1/s1. The van der Waals surface area contributed by atoms with Crippen LogP contribution in [0.2, 0.25) is 0 Å². The quantitative estimate of drug-likeness (QED) is 0.718. The van der Waals surface area contributed by atoms with E-state index in [-0.39, 0.29) is 5.91 Å². The third-order valence-electron chi connectivity index (χ3n) is 3.78. The highest BCUT2D eigenvalue weighted by Crippen LogP contribution is 2.19. The van der Waals surface area contributed by atoms with E-state index in [1.54, 1.807) is 17.9 Å². The molecule has 0 aliphatic rings. The number of hydrogen-bond donors (Lipinski definition) is 1. The van der Waals surface area contributed by atoms with Crippen LogP contribution in [0.1, 0.15) is 18.2 Å². The van der Waals surface area contributed by atoms with Crippen LogP contribution in [0.5, 0.6) is 5.88 Å². The summed E-state index contributed by atoms with van der Waals surface area (Å²) in [6.45, 7) is 4.12. The van der Waals surface area contributed by atoms with Gasteiger partial charge in [-0.1, -0.05) is 18.2 Å². The van der Waals surface area contributed by atoms with Crippen molar-refractivity contribution in [1.82, 2.24) is 15.1 Å². The van der Waals surface area contributed by atoms with E-state index < -0.39 is 6.10 Å². The van der Waals surface area contributed by atoms with E-state index in [1.165, 1.54) is 0 Å². The number of hydrogen-bond acceptors (Lipinski definition) is 4. The van der Waals surface area contributed by atoms with Crippen LogP contribution in [0.15, 0.2) is 59.3 Å². The molecule has 0 saturated carbocycles. The Morgan fingerprint density at radius 3 is 2.80 bits per heavy atom. The number of amides is 1. The second kappa shape index (κ2) is 7.70. The summed E-state index contributed by atoms with van der Waals surface area (Å²) in [6.07, 6.45) is 3.52. The molecule has 1 amide bonds. The summed E-state index contributed by atoms with van der Waals surface area (Å²) in [5.74, 6) is 1.11. The number of furan rings is 1. The Balaban J connectivity index is 1.56. The number of ether oxygens (including phenoxy) is 1. The predicted molar refractivity (Wildman–Crippen MR) is 93.8 cm³/mol. The Labute approximate surface area is 146 Å². The number of carbonyl (C=O) groups is 1. The van der Waals surface area contributed by atoms with Crippen LogP contribution in [0.3, 0.4) is 0 Å². The lowest BCUT2D eigenvalue weighted by Crippen LogP contribution is -2.37. The molecule has 0 aliphatic heterocycles. The van der Waals surface area contributed by atoms with Gasteiger partial charge in [-0.2, -0.15) is 0 Å². The molecule has 2 aromatic heterocycles. The van der Waals surface area contributed by atoms with E-state index in [4.69, 9.17) is 9.15 Å². The average Bonchev–Trinajstić information content (AvgIpc) is 3.26. The molecule has 6 heteroatoms. The third-order valence-corrected chi connectivity index (χ3v) is 3.78. The van der Waals surface area contributed by atoms with E-state index in [2.05, 4.69) is 10.4 Å². The number of aromatic nitrogens is 2. The third kappa shape index (κ3) is 4.29. The number of benzene rings is 1. The minimum Gasteiger partial charge on any atom is -0.469 e. The summed E-state index contributed by atoms with van der Waals surface area (Å²) in [6, 6.07) is 13.5. The molecule has 0 bridgehead atoms. The largest absolute Gasteiger partial charge is 0.469 e. The van der Waals surface area contributed by atoms with E-state index in [1.807, 2.05) is 55.6 Å². The highest BCUT2D eigenvalue weighted by atomic mass is 16.5. The zero-order valence-electron chi connectivity index (χ0n) is 14.3. The number of nitrogens with zero attached hydrogens (tertiary/aromatic N) is 2. The first-order valence-corrected chi connectivity index (χ1v) is 8.22. The summed E-state index contributed by atoms with van der Waals surface area (Å²) in [5.41, 5.74) is 1.81. The van der Waals surface area contributed by atoms with Crippen LogP contribution in [0, 0.1) is 6.92 Å². The lowest BCUT2D eigenvalue weighted by Gasteiger charge is -2.13. The molecule has 0 saturated heterocycles. The Morgan fingerprint density at radius 2 is 2.08 bits per heavy atom. The van der Waals surface area contributed by atoms with Crippen molar-refractivity contribution in [3.8, 4) is 11.6 Å². The van der Waals surface area contributed by atoms with Gasteiger partial charge in [-0.25, -0.2) is 4.68 Å². The van der Waals surface area contributed by atoms with Gasteiger partial charge in [0.1, 0.15) is 5.76 Å².